The molecule has 0 aliphatic rings. The number of hydrazone groups is 1. The average molecular weight is 360 g/mol. The standard InChI is InChI=1S/C15H22ClN3O3S/c1-11(15(2,3)4)17-18-14(20)10-19(23(5,21)22)13-8-6-12(16)7-9-13/h6-9H,10H2,1-5H3,(H,18,20)/b17-11+. The largest absolute Gasteiger partial charge is 0.271 e. The van der Waals surface area contributed by atoms with E-state index in [1.54, 1.807) is 31.2 Å². The van der Waals surface area contributed by atoms with Crippen LogP contribution in [0.3, 0.4) is 0 Å². The number of anilines is 1. The van der Waals surface area contributed by atoms with E-state index in [0.29, 0.717) is 10.7 Å². The zero-order valence-corrected chi connectivity index (χ0v) is 15.5. The van der Waals surface area contributed by atoms with E-state index in [1.807, 2.05) is 20.8 Å². The lowest BCUT2D eigenvalue weighted by molar-refractivity contribution is -0.119. The van der Waals surface area contributed by atoms with Crippen LogP contribution in [0.4, 0.5) is 5.69 Å². The summed E-state index contributed by atoms with van der Waals surface area (Å²) in [7, 11) is -3.61. The number of carbonyl (C=O) groups is 1. The van der Waals surface area contributed by atoms with E-state index in [9.17, 15) is 13.2 Å². The fraction of sp³-hybridized carbons (Fsp3) is 0.467. The Hall–Kier alpha value is -1.60. The summed E-state index contributed by atoms with van der Waals surface area (Å²) in [4.78, 5) is 12.0. The smallest absolute Gasteiger partial charge is 0.260 e. The van der Waals surface area contributed by atoms with E-state index in [4.69, 9.17) is 11.6 Å². The molecule has 0 bridgehead atoms. The van der Waals surface area contributed by atoms with E-state index < -0.39 is 15.9 Å². The van der Waals surface area contributed by atoms with Crippen molar-refractivity contribution in [3.8, 4) is 0 Å². The van der Waals surface area contributed by atoms with Crippen LogP contribution in [0.5, 0.6) is 0 Å². The van der Waals surface area contributed by atoms with Gasteiger partial charge in [-0.3, -0.25) is 9.10 Å². The highest BCUT2D eigenvalue weighted by Crippen LogP contribution is 2.20. The van der Waals surface area contributed by atoms with Gasteiger partial charge in [0.15, 0.2) is 0 Å². The molecule has 0 saturated heterocycles. The number of nitrogens with zero attached hydrogens (tertiary/aromatic N) is 2. The molecule has 0 spiro atoms. The number of hydrogen-bond acceptors (Lipinski definition) is 4. The Morgan fingerprint density at radius 2 is 1.78 bits per heavy atom. The third kappa shape index (κ3) is 6.19. The van der Waals surface area contributed by atoms with Gasteiger partial charge < -0.3 is 0 Å². The van der Waals surface area contributed by atoms with Crippen LogP contribution in [0.1, 0.15) is 27.7 Å². The molecule has 0 aromatic heterocycles. The summed E-state index contributed by atoms with van der Waals surface area (Å²) in [5.41, 5.74) is 3.31. The van der Waals surface area contributed by atoms with E-state index in [-0.39, 0.29) is 12.0 Å². The van der Waals surface area contributed by atoms with Gasteiger partial charge in [-0.05, 0) is 31.2 Å². The molecule has 0 fully saturated rings. The fourth-order valence-electron chi connectivity index (χ4n) is 1.49. The first-order chi connectivity index (χ1) is 10.4. The van der Waals surface area contributed by atoms with Gasteiger partial charge in [0.2, 0.25) is 10.0 Å². The third-order valence-corrected chi connectivity index (χ3v) is 4.63. The SMILES string of the molecule is C/C(=N\NC(=O)CN(c1ccc(Cl)cc1)S(C)(=O)=O)C(C)(C)C. The summed E-state index contributed by atoms with van der Waals surface area (Å²) in [6.45, 7) is 7.34. The predicted octanol–water partition coefficient (Wildman–Crippen LogP) is 2.64. The van der Waals surface area contributed by atoms with Gasteiger partial charge >= 0.3 is 0 Å². The maximum absolute atomic E-state index is 12.0. The Balaban J connectivity index is 2.92. The van der Waals surface area contributed by atoms with Crippen LogP contribution in [-0.4, -0.2) is 32.8 Å². The normalized spacial score (nSPS) is 12.9. The number of benzene rings is 1. The van der Waals surface area contributed by atoms with Gasteiger partial charge in [0, 0.05) is 16.1 Å². The topological polar surface area (TPSA) is 78.8 Å². The molecule has 23 heavy (non-hydrogen) atoms. The van der Waals surface area contributed by atoms with Crippen molar-refractivity contribution >= 4 is 38.9 Å². The second-order valence-corrected chi connectivity index (χ2v) is 8.57. The minimum atomic E-state index is -3.61. The van der Waals surface area contributed by atoms with Crippen LogP contribution in [0.25, 0.3) is 0 Å². The maximum Gasteiger partial charge on any atom is 0.260 e. The predicted molar refractivity (Wildman–Crippen MR) is 94.3 cm³/mol. The highest BCUT2D eigenvalue weighted by Gasteiger charge is 2.21. The highest BCUT2D eigenvalue weighted by atomic mass is 35.5. The first kappa shape index (κ1) is 19.4. The van der Waals surface area contributed by atoms with Gasteiger partial charge in [0.05, 0.1) is 11.9 Å². The first-order valence-electron chi connectivity index (χ1n) is 6.98. The van der Waals surface area contributed by atoms with Gasteiger partial charge in [0.25, 0.3) is 5.91 Å². The summed E-state index contributed by atoms with van der Waals surface area (Å²) >= 11 is 5.80. The van der Waals surface area contributed by atoms with Crippen molar-refractivity contribution in [2.75, 3.05) is 17.1 Å². The zero-order valence-electron chi connectivity index (χ0n) is 13.9. The molecular weight excluding hydrogens is 338 g/mol. The summed E-state index contributed by atoms with van der Waals surface area (Å²) in [6, 6.07) is 6.21. The lowest BCUT2D eigenvalue weighted by Gasteiger charge is -2.22. The van der Waals surface area contributed by atoms with E-state index >= 15 is 0 Å². The Morgan fingerprint density at radius 1 is 1.26 bits per heavy atom. The van der Waals surface area contributed by atoms with Gasteiger partial charge in [-0.2, -0.15) is 5.10 Å². The third-order valence-electron chi connectivity index (χ3n) is 3.24. The van der Waals surface area contributed by atoms with Gasteiger partial charge in [-0.15, -0.1) is 0 Å². The number of hydrogen-bond donors (Lipinski definition) is 1. The van der Waals surface area contributed by atoms with Gasteiger partial charge in [-0.25, -0.2) is 13.8 Å². The second-order valence-electron chi connectivity index (χ2n) is 6.23. The molecule has 1 rings (SSSR count). The molecule has 1 amide bonds. The van der Waals surface area contributed by atoms with Gasteiger partial charge in [-0.1, -0.05) is 32.4 Å². The Morgan fingerprint density at radius 3 is 2.22 bits per heavy atom. The number of rotatable bonds is 5. The summed E-state index contributed by atoms with van der Waals surface area (Å²) in [5, 5.41) is 4.50. The minimum Gasteiger partial charge on any atom is -0.271 e. The van der Waals surface area contributed by atoms with Crippen molar-refractivity contribution in [2.45, 2.75) is 27.7 Å². The maximum atomic E-state index is 12.0. The molecule has 1 aromatic rings. The van der Waals surface area contributed by atoms with E-state index in [2.05, 4.69) is 10.5 Å². The Kier molecular flexibility index (Phi) is 6.18. The number of amides is 1. The van der Waals surface area contributed by atoms with E-state index in [0.717, 1.165) is 16.3 Å². The molecular formula is C15H22ClN3O3S. The summed E-state index contributed by atoms with van der Waals surface area (Å²) in [5.74, 6) is -0.519. The molecule has 6 nitrogen and oxygen atoms in total. The van der Waals surface area contributed by atoms with Crippen LogP contribution < -0.4 is 9.73 Å². The lowest BCUT2D eigenvalue weighted by Crippen LogP contribution is -2.39. The monoisotopic (exact) mass is 359 g/mol. The molecule has 0 aliphatic heterocycles. The molecule has 8 heteroatoms. The minimum absolute atomic E-state index is 0.181. The quantitative estimate of drug-likeness (QED) is 0.648. The van der Waals surface area contributed by atoms with Crippen LogP contribution in [0, 0.1) is 5.41 Å². The summed E-state index contributed by atoms with van der Waals surface area (Å²) in [6.07, 6.45) is 1.04. The van der Waals surface area contributed by atoms with Crippen LogP contribution in [-0.2, 0) is 14.8 Å². The Bertz CT molecular complexity index is 692. The molecule has 0 aliphatic carbocycles. The van der Waals surface area contributed by atoms with Gasteiger partial charge in [0.1, 0.15) is 6.54 Å². The fourth-order valence-corrected chi connectivity index (χ4v) is 2.47. The van der Waals surface area contributed by atoms with Crippen LogP contribution >= 0.6 is 11.6 Å². The molecule has 0 saturated carbocycles. The number of nitrogens with one attached hydrogen (secondary N) is 1. The zero-order chi connectivity index (χ0) is 17.8. The molecule has 1 N–H and O–H groups in total. The van der Waals surface area contributed by atoms with Crippen molar-refractivity contribution in [2.24, 2.45) is 10.5 Å². The molecule has 1 aromatic carbocycles. The molecule has 0 heterocycles. The molecule has 0 atom stereocenters. The van der Waals surface area contributed by atoms with Crippen molar-refractivity contribution in [1.82, 2.24) is 5.43 Å². The van der Waals surface area contributed by atoms with E-state index in [1.165, 1.54) is 0 Å². The number of halogens is 1. The van der Waals surface area contributed by atoms with Crippen molar-refractivity contribution in [3.05, 3.63) is 29.3 Å². The van der Waals surface area contributed by atoms with Crippen LogP contribution in [0.2, 0.25) is 5.02 Å². The molecule has 0 radical (unpaired) electrons. The number of sulfonamides is 1. The highest BCUT2D eigenvalue weighted by molar-refractivity contribution is 7.92. The van der Waals surface area contributed by atoms with Crippen molar-refractivity contribution in [3.63, 3.8) is 0 Å². The second kappa shape index (κ2) is 7.31. The molecule has 128 valence electrons. The summed E-state index contributed by atoms with van der Waals surface area (Å²) < 4.78 is 24.9. The van der Waals surface area contributed by atoms with Crippen molar-refractivity contribution in [1.29, 1.82) is 0 Å². The first-order valence-corrected chi connectivity index (χ1v) is 9.21. The van der Waals surface area contributed by atoms with Crippen LogP contribution in [0.15, 0.2) is 29.4 Å². The average Bonchev–Trinajstić information content (AvgIpc) is 2.41. The lowest BCUT2D eigenvalue weighted by atomic mass is 9.91. The molecule has 0 unspecified atom stereocenters. The van der Waals surface area contributed by atoms with Crippen molar-refractivity contribution < 1.29 is 13.2 Å². The Labute approximate surface area is 142 Å². The number of carbonyl (C=O) groups excluding carboxylic acids is 1.